The fourth-order valence-corrected chi connectivity index (χ4v) is 11.1. The molecule has 34 heavy (non-hydrogen) atoms. The van der Waals surface area contributed by atoms with Gasteiger partial charge in [0, 0.05) is 17.3 Å². The highest BCUT2D eigenvalue weighted by atomic mass is 16.3. The third kappa shape index (κ3) is 2.98. The number of aliphatic hydroxyl groups excluding tert-OH is 3. The average Bonchev–Trinajstić information content (AvgIpc) is 3.36. The largest absolute Gasteiger partial charge is 0.396 e. The van der Waals surface area contributed by atoms with E-state index in [2.05, 4.69) is 33.8 Å². The summed E-state index contributed by atoms with van der Waals surface area (Å²) in [6, 6.07) is 0. The van der Waals surface area contributed by atoms with Gasteiger partial charge < -0.3 is 20.4 Å². The molecule has 0 aromatic carbocycles. The van der Waals surface area contributed by atoms with Crippen molar-refractivity contribution >= 4 is 0 Å². The van der Waals surface area contributed by atoms with Gasteiger partial charge in [0.15, 0.2) is 0 Å². The molecule has 4 N–H and O–H groups in total. The van der Waals surface area contributed by atoms with Gasteiger partial charge in [-0.05, 0) is 105 Å². The van der Waals surface area contributed by atoms with Gasteiger partial charge in [-0.25, -0.2) is 0 Å². The maximum absolute atomic E-state index is 11.5. The standard InChI is InChI=1S/C30H50O4/c1-19(8-7-12-25(2,3)34)20-11-13-28(6)22-10-9-21-26(4,18-31)23(32)16-24(33)30(21)17-29(22,30)15-14-27(20,28)5/h7,12,19-24,31-34H,8-11,13-18H2,1-6H3/b12-7+/t19-,20-,21+,22+,23+,24+,26+,27-,28+,29+,30-/m1/s1. The lowest BCUT2D eigenvalue weighted by Gasteiger charge is -2.64. The van der Waals surface area contributed by atoms with Crippen LogP contribution >= 0.6 is 0 Å². The Morgan fingerprint density at radius 2 is 1.62 bits per heavy atom. The number of allylic oxidation sites excluding steroid dienone is 1. The zero-order valence-electron chi connectivity index (χ0n) is 22.5. The van der Waals surface area contributed by atoms with Crippen LogP contribution in [0.5, 0.6) is 0 Å². The summed E-state index contributed by atoms with van der Waals surface area (Å²) >= 11 is 0. The first-order valence-corrected chi connectivity index (χ1v) is 14.1. The van der Waals surface area contributed by atoms with Gasteiger partial charge in [0.05, 0.1) is 24.4 Å². The molecule has 5 fully saturated rings. The molecule has 0 heterocycles. The van der Waals surface area contributed by atoms with E-state index in [1.54, 1.807) is 0 Å². The first kappa shape index (κ1) is 25.2. The minimum absolute atomic E-state index is 0.0147. The van der Waals surface area contributed by atoms with Crippen molar-refractivity contribution in [2.45, 2.75) is 117 Å². The van der Waals surface area contributed by atoms with Crippen molar-refractivity contribution < 1.29 is 20.4 Å². The molecule has 0 amide bonds. The van der Waals surface area contributed by atoms with Gasteiger partial charge in [-0.3, -0.25) is 0 Å². The van der Waals surface area contributed by atoms with E-state index < -0.39 is 23.2 Å². The zero-order valence-corrected chi connectivity index (χ0v) is 22.5. The monoisotopic (exact) mass is 474 g/mol. The highest BCUT2D eigenvalue weighted by molar-refractivity contribution is 5.33. The van der Waals surface area contributed by atoms with Gasteiger partial charge in [-0.1, -0.05) is 39.8 Å². The number of hydrogen-bond donors (Lipinski definition) is 4. The molecule has 4 nitrogen and oxygen atoms in total. The molecule has 0 unspecified atom stereocenters. The molecular weight excluding hydrogens is 424 g/mol. The quantitative estimate of drug-likeness (QED) is 0.419. The van der Waals surface area contributed by atoms with Crippen LogP contribution in [0.4, 0.5) is 0 Å². The van der Waals surface area contributed by atoms with Crippen LogP contribution in [0.3, 0.4) is 0 Å². The van der Waals surface area contributed by atoms with Gasteiger partial charge in [-0.2, -0.15) is 0 Å². The molecule has 0 bridgehead atoms. The Bertz CT molecular complexity index is 847. The van der Waals surface area contributed by atoms with Crippen LogP contribution in [0, 0.1) is 50.7 Å². The van der Waals surface area contributed by atoms with Crippen LogP contribution in [0.1, 0.15) is 99.3 Å². The Hall–Kier alpha value is -0.420. The van der Waals surface area contributed by atoms with Crippen molar-refractivity contribution in [3.8, 4) is 0 Å². The Kier molecular flexibility index (Phi) is 5.61. The number of fused-ring (bicyclic) bond motifs is 2. The minimum Gasteiger partial charge on any atom is -0.396 e. The molecule has 5 saturated carbocycles. The smallest absolute Gasteiger partial charge is 0.0771 e. The number of aliphatic hydroxyl groups is 4. The number of hydrogen-bond acceptors (Lipinski definition) is 4. The van der Waals surface area contributed by atoms with Crippen LogP contribution in [-0.2, 0) is 0 Å². The molecule has 194 valence electrons. The maximum Gasteiger partial charge on any atom is 0.0771 e. The first-order valence-electron chi connectivity index (χ1n) is 14.1. The van der Waals surface area contributed by atoms with E-state index in [1.807, 2.05) is 19.9 Å². The van der Waals surface area contributed by atoms with E-state index in [4.69, 9.17) is 0 Å². The van der Waals surface area contributed by atoms with Crippen LogP contribution in [0.15, 0.2) is 12.2 Å². The Morgan fingerprint density at radius 1 is 0.941 bits per heavy atom. The third-order valence-electron chi connectivity index (χ3n) is 13.1. The van der Waals surface area contributed by atoms with E-state index in [9.17, 15) is 20.4 Å². The van der Waals surface area contributed by atoms with Crippen LogP contribution in [0.2, 0.25) is 0 Å². The topological polar surface area (TPSA) is 80.9 Å². The molecule has 4 heteroatoms. The Balaban J connectivity index is 1.43. The zero-order chi connectivity index (χ0) is 24.9. The predicted octanol–water partition coefficient (Wildman–Crippen LogP) is 5.08. The van der Waals surface area contributed by atoms with Gasteiger partial charge >= 0.3 is 0 Å². The lowest BCUT2D eigenvalue weighted by molar-refractivity contribution is -0.207. The lowest BCUT2D eigenvalue weighted by Crippen LogP contribution is -2.62. The lowest BCUT2D eigenvalue weighted by atomic mass is 9.41. The molecule has 5 aliphatic rings. The second-order valence-electron chi connectivity index (χ2n) is 14.7. The molecule has 5 rings (SSSR count). The molecule has 0 radical (unpaired) electrons. The normalized spacial score (nSPS) is 55.3. The molecule has 5 aliphatic carbocycles. The fraction of sp³-hybridized carbons (Fsp3) is 0.933. The molecule has 0 aliphatic heterocycles. The average molecular weight is 475 g/mol. The second-order valence-corrected chi connectivity index (χ2v) is 14.7. The van der Waals surface area contributed by atoms with E-state index in [0.29, 0.717) is 29.6 Å². The van der Waals surface area contributed by atoms with Crippen molar-refractivity contribution in [3.63, 3.8) is 0 Å². The van der Waals surface area contributed by atoms with E-state index in [-0.39, 0.29) is 28.8 Å². The summed E-state index contributed by atoms with van der Waals surface area (Å²) in [5, 5.41) is 42.8. The van der Waals surface area contributed by atoms with Gasteiger partial charge in [-0.15, -0.1) is 0 Å². The van der Waals surface area contributed by atoms with Crippen molar-refractivity contribution in [2.75, 3.05) is 6.61 Å². The van der Waals surface area contributed by atoms with Crippen LogP contribution in [-0.4, -0.2) is 44.8 Å². The van der Waals surface area contributed by atoms with E-state index in [1.165, 1.54) is 32.1 Å². The van der Waals surface area contributed by atoms with E-state index >= 15 is 0 Å². The molecule has 0 saturated heterocycles. The summed E-state index contributed by atoms with van der Waals surface area (Å²) in [5.74, 6) is 2.13. The SMILES string of the molecule is C[C@H](C/C=C/C(C)(C)O)[C@H]1CC[C@@]2(C)[C@@H]3CC[C@H]4[C@](C)(CO)[C@@H](O)C[C@H](O)[C@@]45C[C@@]35CC[C@]12C. The highest BCUT2D eigenvalue weighted by Gasteiger charge is 2.84. The summed E-state index contributed by atoms with van der Waals surface area (Å²) in [7, 11) is 0. The van der Waals surface area contributed by atoms with Crippen molar-refractivity contribution in [1.82, 2.24) is 0 Å². The van der Waals surface area contributed by atoms with E-state index in [0.717, 1.165) is 19.3 Å². The highest BCUT2D eigenvalue weighted by Crippen LogP contribution is 2.89. The minimum atomic E-state index is -0.749. The van der Waals surface area contributed by atoms with Crippen LogP contribution < -0.4 is 0 Å². The van der Waals surface area contributed by atoms with Crippen molar-refractivity contribution in [1.29, 1.82) is 0 Å². The summed E-state index contributed by atoms with van der Waals surface area (Å²) in [6.45, 7) is 13.3. The molecule has 11 atom stereocenters. The number of rotatable bonds is 5. The van der Waals surface area contributed by atoms with Crippen molar-refractivity contribution in [2.24, 2.45) is 50.7 Å². The summed E-state index contributed by atoms with van der Waals surface area (Å²) in [4.78, 5) is 0. The third-order valence-corrected chi connectivity index (χ3v) is 13.1. The Labute approximate surface area is 207 Å². The van der Waals surface area contributed by atoms with Gasteiger partial charge in [0.2, 0.25) is 0 Å². The maximum atomic E-state index is 11.5. The first-order chi connectivity index (χ1) is 15.7. The van der Waals surface area contributed by atoms with Gasteiger partial charge in [0.25, 0.3) is 0 Å². The molecule has 2 spiro atoms. The molecule has 0 aromatic rings. The molecular formula is C30H50O4. The second kappa shape index (κ2) is 7.55. The summed E-state index contributed by atoms with van der Waals surface area (Å²) in [5.41, 5.74) is -0.559. The van der Waals surface area contributed by atoms with Crippen molar-refractivity contribution in [3.05, 3.63) is 12.2 Å². The van der Waals surface area contributed by atoms with Gasteiger partial charge in [0.1, 0.15) is 0 Å². The summed E-state index contributed by atoms with van der Waals surface area (Å²) in [6.07, 6.45) is 12.8. The fourth-order valence-electron chi connectivity index (χ4n) is 11.1. The summed E-state index contributed by atoms with van der Waals surface area (Å²) < 4.78 is 0. The van der Waals surface area contributed by atoms with Crippen LogP contribution in [0.25, 0.3) is 0 Å². The predicted molar refractivity (Wildman–Crippen MR) is 135 cm³/mol. The Morgan fingerprint density at radius 3 is 2.26 bits per heavy atom. The molecule has 0 aromatic heterocycles.